The largest absolute Gasteiger partial charge is 0.310 e. The lowest BCUT2D eigenvalue weighted by Crippen LogP contribution is -2.36. The molecular weight excluding hydrogens is 198 g/mol. The number of hydrogen-bond acceptors (Lipinski definition) is 2. The van der Waals surface area contributed by atoms with Gasteiger partial charge in [0, 0.05) is 31.4 Å². The standard InChI is InChI=1S/C13H23N3/c1-10-6-4-5-7-13(10)14-8-12-9-16(3)15-11(12)2/h9-10,13-14H,4-8H2,1-3H3. The Morgan fingerprint density at radius 2 is 2.19 bits per heavy atom. The second kappa shape index (κ2) is 5.00. The highest BCUT2D eigenvalue weighted by Gasteiger charge is 2.20. The Bertz CT molecular complexity index is 343. The molecule has 1 N–H and O–H groups in total. The number of rotatable bonds is 3. The van der Waals surface area contributed by atoms with E-state index in [1.165, 1.54) is 31.2 Å². The van der Waals surface area contributed by atoms with Crippen molar-refractivity contribution in [3.05, 3.63) is 17.5 Å². The molecule has 0 spiro atoms. The third kappa shape index (κ3) is 2.64. The van der Waals surface area contributed by atoms with Gasteiger partial charge in [0.1, 0.15) is 0 Å². The van der Waals surface area contributed by atoms with Gasteiger partial charge < -0.3 is 5.32 Å². The number of nitrogens with zero attached hydrogens (tertiary/aromatic N) is 2. The van der Waals surface area contributed by atoms with Crippen LogP contribution in [0.4, 0.5) is 0 Å². The molecule has 1 aliphatic carbocycles. The van der Waals surface area contributed by atoms with Gasteiger partial charge in [-0.2, -0.15) is 5.10 Å². The monoisotopic (exact) mass is 221 g/mol. The van der Waals surface area contributed by atoms with Crippen molar-refractivity contribution in [1.82, 2.24) is 15.1 Å². The van der Waals surface area contributed by atoms with Crippen LogP contribution < -0.4 is 5.32 Å². The molecule has 1 heterocycles. The minimum Gasteiger partial charge on any atom is -0.310 e. The molecule has 3 nitrogen and oxygen atoms in total. The minimum atomic E-state index is 0.702. The SMILES string of the molecule is Cc1nn(C)cc1CNC1CCCCC1C. The predicted octanol–water partition coefficient (Wildman–Crippen LogP) is 2.40. The van der Waals surface area contributed by atoms with Crippen LogP contribution in [0.5, 0.6) is 0 Å². The fourth-order valence-corrected chi connectivity index (χ4v) is 2.68. The van der Waals surface area contributed by atoms with Gasteiger partial charge in [-0.05, 0) is 25.7 Å². The van der Waals surface area contributed by atoms with Crippen molar-refractivity contribution in [2.45, 2.75) is 52.1 Å². The van der Waals surface area contributed by atoms with Gasteiger partial charge in [0.15, 0.2) is 0 Å². The summed E-state index contributed by atoms with van der Waals surface area (Å²) in [6.07, 6.45) is 7.62. The van der Waals surface area contributed by atoms with Gasteiger partial charge in [0.05, 0.1) is 5.69 Å². The first kappa shape index (κ1) is 11.6. The van der Waals surface area contributed by atoms with Crippen molar-refractivity contribution in [2.24, 2.45) is 13.0 Å². The second-order valence-corrected chi connectivity index (χ2v) is 5.16. The number of aromatic nitrogens is 2. The van der Waals surface area contributed by atoms with Crippen LogP contribution in [0.2, 0.25) is 0 Å². The van der Waals surface area contributed by atoms with Crippen LogP contribution in [0.1, 0.15) is 43.9 Å². The van der Waals surface area contributed by atoms with E-state index in [4.69, 9.17) is 0 Å². The number of hydrogen-bond donors (Lipinski definition) is 1. The molecule has 1 aromatic heterocycles. The Hall–Kier alpha value is -0.830. The smallest absolute Gasteiger partial charge is 0.0638 e. The molecule has 1 fully saturated rings. The van der Waals surface area contributed by atoms with Crippen molar-refractivity contribution in [3.63, 3.8) is 0 Å². The summed E-state index contributed by atoms with van der Waals surface area (Å²) in [4.78, 5) is 0. The molecule has 2 unspecified atom stereocenters. The van der Waals surface area contributed by atoms with Gasteiger partial charge in [-0.1, -0.05) is 19.8 Å². The van der Waals surface area contributed by atoms with Crippen LogP contribution in [0.3, 0.4) is 0 Å². The lowest BCUT2D eigenvalue weighted by molar-refractivity contribution is 0.279. The first-order valence-corrected chi connectivity index (χ1v) is 6.39. The Morgan fingerprint density at radius 3 is 2.81 bits per heavy atom. The first-order chi connectivity index (χ1) is 7.66. The average Bonchev–Trinajstić information content (AvgIpc) is 2.56. The summed E-state index contributed by atoms with van der Waals surface area (Å²) >= 11 is 0. The van der Waals surface area contributed by atoms with Gasteiger partial charge in [0.25, 0.3) is 0 Å². The van der Waals surface area contributed by atoms with Crippen molar-refractivity contribution in [1.29, 1.82) is 0 Å². The zero-order chi connectivity index (χ0) is 11.5. The van der Waals surface area contributed by atoms with Gasteiger partial charge >= 0.3 is 0 Å². The topological polar surface area (TPSA) is 29.9 Å². The lowest BCUT2D eigenvalue weighted by Gasteiger charge is -2.29. The number of nitrogens with one attached hydrogen (secondary N) is 1. The molecule has 0 amide bonds. The molecule has 3 heteroatoms. The van der Waals surface area contributed by atoms with E-state index in [1.54, 1.807) is 0 Å². The molecule has 1 aromatic rings. The third-order valence-corrected chi connectivity index (χ3v) is 3.78. The lowest BCUT2D eigenvalue weighted by atomic mass is 9.86. The molecular formula is C13H23N3. The highest BCUT2D eigenvalue weighted by molar-refractivity contribution is 5.14. The normalized spacial score (nSPS) is 25.9. The summed E-state index contributed by atoms with van der Waals surface area (Å²) in [6, 6.07) is 0.702. The fraction of sp³-hybridized carbons (Fsp3) is 0.769. The molecule has 0 aromatic carbocycles. The summed E-state index contributed by atoms with van der Waals surface area (Å²) in [6.45, 7) is 5.42. The summed E-state index contributed by atoms with van der Waals surface area (Å²) in [5.74, 6) is 0.825. The zero-order valence-corrected chi connectivity index (χ0v) is 10.7. The van der Waals surface area contributed by atoms with E-state index in [1.807, 2.05) is 11.7 Å². The van der Waals surface area contributed by atoms with E-state index in [0.29, 0.717) is 6.04 Å². The van der Waals surface area contributed by atoms with Crippen molar-refractivity contribution >= 4 is 0 Å². The number of aryl methyl sites for hydroxylation is 2. The van der Waals surface area contributed by atoms with E-state index in [9.17, 15) is 0 Å². The Morgan fingerprint density at radius 1 is 1.44 bits per heavy atom. The third-order valence-electron chi connectivity index (χ3n) is 3.78. The van der Waals surface area contributed by atoms with E-state index >= 15 is 0 Å². The van der Waals surface area contributed by atoms with Crippen LogP contribution in [0.15, 0.2) is 6.20 Å². The molecule has 16 heavy (non-hydrogen) atoms. The second-order valence-electron chi connectivity index (χ2n) is 5.16. The van der Waals surface area contributed by atoms with Gasteiger partial charge in [0.2, 0.25) is 0 Å². The quantitative estimate of drug-likeness (QED) is 0.849. The van der Waals surface area contributed by atoms with E-state index in [0.717, 1.165) is 18.2 Å². The Balaban J connectivity index is 1.89. The summed E-state index contributed by atoms with van der Waals surface area (Å²) in [5, 5.41) is 8.06. The van der Waals surface area contributed by atoms with Crippen molar-refractivity contribution in [2.75, 3.05) is 0 Å². The van der Waals surface area contributed by atoms with Crippen LogP contribution in [-0.4, -0.2) is 15.8 Å². The molecule has 90 valence electrons. The molecule has 0 bridgehead atoms. The molecule has 0 radical (unpaired) electrons. The first-order valence-electron chi connectivity index (χ1n) is 6.39. The van der Waals surface area contributed by atoms with E-state index in [-0.39, 0.29) is 0 Å². The highest BCUT2D eigenvalue weighted by Crippen LogP contribution is 2.24. The maximum absolute atomic E-state index is 4.37. The Labute approximate surface area is 98.2 Å². The highest BCUT2D eigenvalue weighted by atomic mass is 15.2. The van der Waals surface area contributed by atoms with Crippen LogP contribution in [-0.2, 0) is 13.6 Å². The minimum absolute atomic E-state index is 0.702. The maximum Gasteiger partial charge on any atom is 0.0638 e. The molecule has 1 saturated carbocycles. The van der Waals surface area contributed by atoms with E-state index in [2.05, 4.69) is 30.5 Å². The van der Waals surface area contributed by atoms with E-state index < -0.39 is 0 Å². The Kier molecular flexibility index (Phi) is 3.64. The molecule has 0 aliphatic heterocycles. The van der Waals surface area contributed by atoms with Crippen LogP contribution in [0.25, 0.3) is 0 Å². The van der Waals surface area contributed by atoms with Gasteiger partial charge in [-0.15, -0.1) is 0 Å². The molecule has 1 aliphatic rings. The molecule has 2 atom stereocenters. The summed E-state index contributed by atoms with van der Waals surface area (Å²) < 4.78 is 1.90. The predicted molar refractivity (Wildman–Crippen MR) is 66.2 cm³/mol. The van der Waals surface area contributed by atoms with Crippen molar-refractivity contribution < 1.29 is 0 Å². The van der Waals surface area contributed by atoms with Crippen LogP contribution in [0, 0.1) is 12.8 Å². The van der Waals surface area contributed by atoms with Crippen molar-refractivity contribution in [3.8, 4) is 0 Å². The average molecular weight is 221 g/mol. The maximum atomic E-state index is 4.37. The summed E-state index contributed by atoms with van der Waals surface area (Å²) in [7, 11) is 1.99. The van der Waals surface area contributed by atoms with Gasteiger partial charge in [-0.25, -0.2) is 0 Å². The zero-order valence-electron chi connectivity index (χ0n) is 10.7. The fourth-order valence-electron chi connectivity index (χ4n) is 2.68. The van der Waals surface area contributed by atoms with Crippen LogP contribution >= 0.6 is 0 Å². The molecule has 2 rings (SSSR count). The summed E-state index contributed by atoms with van der Waals surface area (Å²) in [5.41, 5.74) is 2.48. The van der Waals surface area contributed by atoms with Gasteiger partial charge in [-0.3, -0.25) is 4.68 Å². The molecule has 0 saturated heterocycles.